The highest BCUT2D eigenvalue weighted by Gasteiger charge is 2.37. The van der Waals surface area contributed by atoms with Crippen molar-refractivity contribution in [3.05, 3.63) is 23.8 Å². The van der Waals surface area contributed by atoms with Crippen molar-refractivity contribution < 1.29 is 8.42 Å². The van der Waals surface area contributed by atoms with Gasteiger partial charge in [-0.25, -0.2) is 8.42 Å². The van der Waals surface area contributed by atoms with Crippen LogP contribution in [-0.4, -0.2) is 31.9 Å². The van der Waals surface area contributed by atoms with E-state index in [4.69, 9.17) is 0 Å². The molecule has 0 unspecified atom stereocenters. The zero-order valence-corrected chi connectivity index (χ0v) is 13.5. The van der Waals surface area contributed by atoms with Crippen LogP contribution in [0.25, 0.3) is 0 Å². The van der Waals surface area contributed by atoms with Gasteiger partial charge in [0.2, 0.25) is 10.0 Å². The van der Waals surface area contributed by atoms with Crippen molar-refractivity contribution >= 4 is 15.7 Å². The molecule has 116 valence electrons. The molecule has 2 aliphatic rings. The van der Waals surface area contributed by atoms with Crippen LogP contribution in [0.3, 0.4) is 0 Å². The van der Waals surface area contributed by atoms with Crippen molar-refractivity contribution in [2.24, 2.45) is 0 Å². The van der Waals surface area contributed by atoms with Crippen LogP contribution in [-0.2, 0) is 16.4 Å². The lowest BCUT2D eigenvalue weighted by atomic mass is 10.0. The molecule has 0 bridgehead atoms. The molecule has 1 fully saturated rings. The predicted octanol–water partition coefficient (Wildman–Crippen LogP) is 3.00. The Morgan fingerprint density at radius 2 is 2.14 bits per heavy atom. The number of hydrogen-bond donors (Lipinski definition) is 1. The third kappa shape index (κ3) is 3.09. The number of nitrogens with zero attached hydrogens (tertiary/aromatic N) is 1. The van der Waals surface area contributed by atoms with Crippen LogP contribution >= 0.6 is 0 Å². The van der Waals surface area contributed by atoms with Gasteiger partial charge in [0.05, 0.1) is 4.90 Å². The first-order valence-corrected chi connectivity index (χ1v) is 9.45. The molecule has 5 heteroatoms. The standard InChI is InChI=1S/C16H24N2O2S/c1-2-3-11-18(14-7-8-14)21(19,20)15-9-6-13-5-4-10-17-16(13)12-15/h6,9,12,14,17H,2-5,7-8,10-11H2,1H3. The number of benzene rings is 1. The van der Waals surface area contributed by atoms with E-state index in [9.17, 15) is 8.42 Å². The smallest absolute Gasteiger partial charge is 0.243 e. The third-order valence-electron chi connectivity index (χ3n) is 4.31. The second kappa shape index (κ2) is 5.97. The number of nitrogens with one attached hydrogen (secondary N) is 1. The highest BCUT2D eigenvalue weighted by molar-refractivity contribution is 7.89. The first-order chi connectivity index (χ1) is 10.1. The molecular weight excluding hydrogens is 284 g/mol. The summed E-state index contributed by atoms with van der Waals surface area (Å²) in [7, 11) is -3.35. The van der Waals surface area contributed by atoms with Crippen molar-refractivity contribution in [1.29, 1.82) is 0 Å². The summed E-state index contributed by atoms with van der Waals surface area (Å²) in [6, 6.07) is 5.80. The second-order valence-electron chi connectivity index (χ2n) is 6.05. The molecule has 3 rings (SSSR count). The molecular formula is C16H24N2O2S. The van der Waals surface area contributed by atoms with Gasteiger partial charge < -0.3 is 5.32 Å². The SMILES string of the molecule is CCCCN(C1CC1)S(=O)(=O)c1ccc2c(c1)NCCC2. The molecule has 4 nitrogen and oxygen atoms in total. The van der Waals surface area contributed by atoms with E-state index in [1.807, 2.05) is 12.1 Å². The monoisotopic (exact) mass is 308 g/mol. The van der Waals surface area contributed by atoms with E-state index in [0.717, 1.165) is 50.8 Å². The average molecular weight is 308 g/mol. The molecule has 1 heterocycles. The summed E-state index contributed by atoms with van der Waals surface area (Å²) in [6.45, 7) is 3.67. The molecule has 1 N–H and O–H groups in total. The zero-order chi connectivity index (χ0) is 14.9. The van der Waals surface area contributed by atoms with Crippen LogP contribution in [0.1, 0.15) is 44.6 Å². The van der Waals surface area contributed by atoms with E-state index in [1.165, 1.54) is 5.56 Å². The summed E-state index contributed by atoms with van der Waals surface area (Å²) >= 11 is 0. The summed E-state index contributed by atoms with van der Waals surface area (Å²) < 4.78 is 27.5. The average Bonchev–Trinajstić information content (AvgIpc) is 3.31. The molecule has 1 aliphatic carbocycles. The summed E-state index contributed by atoms with van der Waals surface area (Å²) in [5.41, 5.74) is 2.22. The molecule has 0 amide bonds. The Bertz CT molecular complexity index is 609. The summed E-state index contributed by atoms with van der Waals surface area (Å²) in [5, 5.41) is 3.32. The largest absolute Gasteiger partial charge is 0.385 e. The Labute approximate surface area is 127 Å². The summed E-state index contributed by atoms with van der Waals surface area (Å²) in [4.78, 5) is 0.443. The quantitative estimate of drug-likeness (QED) is 0.879. The van der Waals surface area contributed by atoms with Crippen molar-refractivity contribution in [2.75, 3.05) is 18.4 Å². The number of hydrogen-bond acceptors (Lipinski definition) is 3. The normalized spacial score (nSPS) is 18.4. The maximum absolute atomic E-state index is 12.9. The lowest BCUT2D eigenvalue weighted by Crippen LogP contribution is -2.34. The van der Waals surface area contributed by atoms with E-state index >= 15 is 0 Å². The second-order valence-corrected chi connectivity index (χ2v) is 7.94. The van der Waals surface area contributed by atoms with E-state index in [2.05, 4.69) is 12.2 Å². The maximum atomic E-state index is 12.9. The lowest BCUT2D eigenvalue weighted by Gasteiger charge is -2.24. The Balaban J connectivity index is 1.89. The minimum Gasteiger partial charge on any atom is -0.385 e. The Morgan fingerprint density at radius 3 is 2.86 bits per heavy atom. The first kappa shape index (κ1) is 14.9. The Hall–Kier alpha value is -1.07. The van der Waals surface area contributed by atoms with Gasteiger partial charge in [0.25, 0.3) is 0 Å². The van der Waals surface area contributed by atoms with Crippen LogP contribution < -0.4 is 5.32 Å². The van der Waals surface area contributed by atoms with Crippen molar-refractivity contribution in [3.63, 3.8) is 0 Å². The fourth-order valence-corrected chi connectivity index (χ4v) is 4.66. The minimum atomic E-state index is -3.35. The van der Waals surface area contributed by atoms with Gasteiger partial charge in [0, 0.05) is 24.8 Å². The van der Waals surface area contributed by atoms with E-state index in [1.54, 1.807) is 10.4 Å². The molecule has 0 aromatic heterocycles. The van der Waals surface area contributed by atoms with Gasteiger partial charge in [-0.2, -0.15) is 4.31 Å². The molecule has 1 aromatic carbocycles. The molecule has 1 aromatic rings. The van der Waals surface area contributed by atoms with Crippen molar-refractivity contribution in [3.8, 4) is 0 Å². The predicted molar refractivity (Wildman–Crippen MR) is 85.1 cm³/mol. The Morgan fingerprint density at radius 1 is 1.33 bits per heavy atom. The van der Waals surface area contributed by atoms with Gasteiger partial charge in [-0.05, 0) is 49.8 Å². The summed E-state index contributed by atoms with van der Waals surface area (Å²) in [5.74, 6) is 0. The van der Waals surface area contributed by atoms with Crippen molar-refractivity contribution in [1.82, 2.24) is 4.31 Å². The van der Waals surface area contributed by atoms with Gasteiger partial charge >= 0.3 is 0 Å². The fraction of sp³-hybridized carbons (Fsp3) is 0.625. The van der Waals surface area contributed by atoms with E-state index < -0.39 is 10.0 Å². The van der Waals surface area contributed by atoms with E-state index in [-0.39, 0.29) is 6.04 Å². The van der Waals surface area contributed by atoms with E-state index in [0.29, 0.717) is 11.4 Å². The fourth-order valence-electron chi connectivity index (χ4n) is 2.91. The van der Waals surface area contributed by atoms with Gasteiger partial charge in [0.15, 0.2) is 0 Å². The molecule has 21 heavy (non-hydrogen) atoms. The number of unbranched alkanes of at least 4 members (excludes halogenated alkanes) is 1. The Kier molecular flexibility index (Phi) is 4.22. The van der Waals surface area contributed by atoms with Crippen LogP contribution in [0, 0.1) is 0 Å². The molecule has 1 aliphatic heterocycles. The number of anilines is 1. The molecule has 0 saturated heterocycles. The van der Waals surface area contributed by atoms with Crippen LogP contribution in [0.5, 0.6) is 0 Å². The zero-order valence-electron chi connectivity index (χ0n) is 12.6. The van der Waals surface area contributed by atoms with Gasteiger partial charge in [0.1, 0.15) is 0 Å². The lowest BCUT2D eigenvalue weighted by molar-refractivity contribution is 0.395. The molecule has 1 saturated carbocycles. The van der Waals surface area contributed by atoms with Gasteiger partial charge in [-0.1, -0.05) is 19.4 Å². The van der Waals surface area contributed by atoms with Gasteiger partial charge in [-0.3, -0.25) is 0 Å². The number of aryl methyl sites for hydroxylation is 1. The molecule has 0 spiro atoms. The molecule has 0 atom stereocenters. The highest BCUT2D eigenvalue weighted by atomic mass is 32.2. The number of rotatable bonds is 6. The summed E-state index contributed by atoms with van der Waals surface area (Å²) in [6.07, 6.45) is 6.11. The van der Waals surface area contributed by atoms with Crippen LogP contribution in [0.15, 0.2) is 23.1 Å². The number of fused-ring (bicyclic) bond motifs is 1. The maximum Gasteiger partial charge on any atom is 0.243 e. The van der Waals surface area contributed by atoms with Crippen LogP contribution in [0.4, 0.5) is 5.69 Å². The van der Waals surface area contributed by atoms with Crippen molar-refractivity contribution in [2.45, 2.75) is 56.4 Å². The van der Waals surface area contributed by atoms with Gasteiger partial charge in [-0.15, -0.1) is 0 Å². The first-order valence-electron chi connectivity index (χ1n) is 8.01. The number of sulfonamides is 1. The third-order valence-corrected chi connectivity index (χ3v) is 6.26. The topological polar surface area (TPSA) is 49.4 Å². The minimum absolute atomic E-state index is 0.227. The van der Waals surface area contributed by atoms with Crippen LogP contribution in [0.2, 0.25) is 0 Å². The highest BCUT2D eigenvalue weighted by Crippen LogP contribution is 2.34. The molecule has 0 radical (unpaired) electrons.